The first-order chi connectivity index (χ1) is 12.9. The van der Waals surface area contributed by atoms with Gasteiger partial charge in [-0.15, -0.1) is 0 Å². The summed E-state index contributed by atoms with van der Waals surface area (Å²) < 4.78 is 11.4. The third kappa shape index (κ3) is 4.64. The average molecular weight is 363 g/mol. The van der Waals surface area contributed by atoms with Crippen LogP contribution in [0, 0.1) is 13.8 Å². The maximum Gasteiger partial charge on any atom is 0.291 e. The number of carbonyl (C=O) groups is 2. The number of ketones is 1. The van der Waals surface area contributed by atoms with Crippen LogP contribution in [0.25, 0.3) is 0 Å². The van der Waals surface area contributed by atoms with Crippen LogP contribution in [-0.4, -0.2) is 11.7 Å². The second kappa shape index (κ2) is 7.91. The number of aryl methyl sites for hydroxylation is 2. The van der Waals surface area contributed by atoms with Crippen molar-refractivity contribution in [2.24, 2.45) is 0 Å². The van der Waals surface area contributed by atoms with Gasteiger partial charge in [-0.25, -0.2) is 0 Å². The second-order valence-electron chi connectivity index (χ2n) is 6.41. The molecule has 0 radical (unpaired) electrons. The Balaban J connectivity index is 1.61. The van der Waals surface area contributed by atoms with Crippen LogP contribution < -0.4 is 10.1 Å². The van der Waals surface area contributed by atoms with Gasteiger partial charge in [-0.05, 0) is 74.4 Å². The maximum absolute atomic E-state index is 12.3. The van der Waals surface area contributed by atoms with E-state index in [9.17, 15) is 9.59 Å². The lowest BCUT2D eigenvalue weighted by molar-refractivity contribution is 0.0990. The van der Waals surface area contributed by atoms with Gasteiger partial charge < -0.3 is 14.5 Å². The summed E-state index contributed by atoms with van der Waals surface area (Å²) in [7, 11) is 0. The second-order valence-corrected chi connectivity index (χ2v) is 6.41. The fourth-order valence-corrected chi connectivity index (χ4v) is 2.57. The number of nitrogens with one attached hydrogen (secondary N) is 1. The molecule has 0 spiro atoms. The van der Waals surface area contributed by atoms with Crippen molar-refractivity contribution < 1.29 is 18.7 Å². The Labute approximate surface area is 158 Å². The average Bonchev–Trinajstić information content (AvgIpc) is 3.12. The normalized spacial score (nSPS) is 10.5. The number of amides is 1. The van der Waals surface area contributed by atoms with E-state index in [0.29, 0.717) is 17.0 Å². The van der Waals surface area contributed by atoms with Gasteiger partial charge in [0.25, 0.3) is 5.91 Å². The molecule has 0 bridgehead atoms. The highest BCUT2D eigenvalue weighted by molar-refractivity contribution is 6.02. The summed E-state index contributed by atoms with van der Waals surface area (Å²) >= 11 is 0. The molecule has 0 saturated heterocycles. The summed E-state index contributed by atoms with van der Waals surface area (Å²) in [6.45, 7) is 5.72. The number of Topliss-reactive ketones (excluding diaryl/α,β-unsaturated/α-hetero) is 1. The third-order valence-corrected chi connectivity index (χ3v) is 4.15. The molecule has 0 unspecified atom stereocenters. The Bertz CT molecular complexity index is 970. The quantitative estimate of drug-likeness (QED) is 0.631. The lowest BCUT2D eigenvalue weighted by atomic mass is 10.1. The topological polar surface area (TPSA) is 68.5 Å². The van der Waals surface area contributed by atoms with Crippen LogP contribution in [0.4, 0.5) is 5.69 Å². The van der Waals surface area contributed by atoms with Gasteiger partial charge in [0, 0.05) is 11.3 Å². The van der Waals surface area contributed by atoms with E-state index in [2.05, 4.69) is 5.32 Å². The summed E-state index contributed by atoms with van der Waals surface area (Å²) in [6.07, 6.45) is 0. The molecule has 0 saturated carbocycles. The van der Waals surface area contributed by atoms with Gasteiger partial charge in [0.15, 0.2) is 11.5 Å². The van der Waals surface area contributed by atoms with Crippen molar-refractivity contribution in [2.75, 3.05) is 5.32 Å². The van der Waals surface area contributed by atoms with E-state index in [1.807, 2.05) is 32.0 Å². The van der Waals surface area contributed by atoms with Crippen molar-refractivity contribution in [3.05, 3.63) is 82.8 Å². The fourth-order valence-electron chi connectivity index (χ4n) is 2.57. The Morgan fingerprint density at radius 1 is 1.00 bits per heavy atom. The van der Waals surface area contributed by atoms with Crippen molar-refractivity contribution in [1.29, 1.82) is 0 Å². The van der Waals surface area contributed by atoms with Gasteiger partial charge >= 0.3 is 0 Å². The minimum absolute atomic E-state index is 0.0209. The number of carbonyl (C=O) groups excluding carboxylic acids is 2. The molecule has 1 heterocycles. The molecule has 0 fully saturated rings. The monoisotopic (exact) mass is 363 g/mol. The minimum atomic E-state index is -0.358. The number of ether oxygens (including phenoxy) is 1. The summed E-state index contributed by atoms with van der Waals surface area (Å²) in [4.78, 5) is 23.6. The summed E-state index contributed by atoms with van der Waals surface area (Å²) in [5.74, 6) is 1.18. The van der Waals surface area contributed by atoms with Crippen LogP contribution >= 0.6 is 0 Å². The zero-order valence-corrected chi connectivity index (χ0v) is 15.5. The van der Waals surface area contributed by atoms with Crippen molar-refractivity contribution in [1.82, 2.24) is 0 Å². The molecule has 0 aliphatic heterocycles. The van der Waals surface area contributed by atoms with Gasteiger partial charge in [-0.2, -0.15) is 0 Å². The standard InChI is InChI=1S/C22H21NO4/c1-14-4-5-15(2)21(12-14)26-13-19-10-11-20(27-19)22(25)23-18-8-6-17(7-9-18)16(3)24/h4-12H,13H2,1-3H3,(H,23,25). The summed E-state index contributed by atoms with van der Waals surface area (Å²) in [5.41, 5.74) is 3.34. The van der Waals surface area contributed by atoms with Gasteiger partial charge in [-0.1, -0.05) is 12.1 Å². The number of hydrogen-bond donors (Lipinski definition) is 1. The lowest BCUT2D eigenvalue weighted by Gasteiger charge is -2.08. The van der Waals surface area contributed by atoms with E-state index in [-0.39, 0.29) is 24.1 Å². The molecular formula is C22H21NO4. The highest BCUT2D eigenvalue weighted by Crippen LogP contribution is 2.21. The molecule has 5 nitrogen and oxygen atoms in total. The van der Waals surface area contributed by atoms with E-state index < -0.39 is 0 Å². The van der Waals surface area contributed by atoms with E-state index in [1.165, 1.54) is 6.92 Å². The zero-order chi connectivity index (χ0) is 19.4. The van der Waals surface area contributed by atoms with E-state index >= 15 is 0 Å². The molecule has 5 heteroatoms. The summed E-state index contributed by atoms with van der Waals surface area (Å²) in [5, 5.41) is 2.74. The van der Waals surface area contributed by atoms with Crippen molar-refractivity contribution in [2.45, 2.75) is 27.4 Å². The molecule has 0 aliphatic carbocycles. The molecule has 1 amide bonds. The molecule has 0 aliphatic rings. The van der Waals surface area contributed by atoms with Crippen molar-refractivity contribution in [3.63, 3.8) is 0 Å². The van der Waals surface area contributed by atoms with E-state index in [0.717, 1.165) is 16.9 Å². The number of furan rings is 1. The van der Waals surface area contributed by atoms with Gasteiger partial charge in [0.1, 0.15) is 18.1 Å². The number of rotatable bonds is 6. The molecule has 1 aromatic heterocycles. The molecule has 2 aromatic carbocycles. The SMILES string of the molecule is CC(=O)c1ccc(NC(=O)c2ccc(COc3cc(C)ccc3C)o2)cc1. The molecule has 0 atom stereocenters. The predicted octanol–water partition coefficient (Wildman–Crippen LogP) is 4.93. The Kier molecular flexibility index (Phi) is 5.41. The van der Waals surface area contributed by atoms with Crippen LogP contribution in [-0.2, 0) is 6.61 Å². The van der Waals surface area contributed by atoms with Crippen LogP contribution in [0.2, 0.25) is 0 Å². The first-order valence-electron chi connectivity index (χ1n) is 8.63. The lowest BCUT2D eigenvalue weighted by Crippen LogP contribution is -2.11. The Morgan fingerprint density at radius 3 is 2.44 bits per heavy atom. The van der Waals surface area contributed by atoms with E-state index in [4.69, 9.17) is 9.15 Å². The van der Waals surface area contributed by atoms with Gasteiger partial charge in [-0.3, -0.25) is 9.59 Å². The Morgan fingerprint density at radius 2 is 1.74 bits per heavy atom. The predicted molar refractivity (Wildman–Crippen MR) is 103 cm³/mol. The molecule has 1 N–H and O–H groups in total. The van der Waals surface area contributed by atoms with Crippen LogP contribution in [0.15, 0.2) is 59.0 Å². The maximum atomic E-state index is 12.3. The first-order valence-corrected chi connectivity index (χ1v) is 8.63. The molecule has 27 heavy (non-hydrogen) atoms. The summed E-state index contributed by atoms with van der Waals surface area (Å²) in [6, 6.07) is 16.0. The molecule has 3 aromatic rings. The van der Waals surface area contributed by atoms with Gasteiger partial charge in [0.05, 0.1) is 0 Å². The number of hydrogen-bond acceptors (Lipinski definition) is 4. The van der Waals surface area contributed by atoms with Crippen LogP contribution in [0.1, 0.15) is 44.7 Å². The first kappa shape index (κ1) is 18.5. The van der Waals surface area contributed by atoms with Crippen molar-refractivity contribution in [3.8, 4) is 5.75 Å². The van der Waals surface area contributed by atoms with Gasteiger partial charge in [0.2, 0.25) is 0 Å². The molecule has 138 valence electrons. The highest BCUT2D eigenvalue weighted by Gasteiger charge is 2.12. The molecular weight excluding hydrogens is 342 g/mol. The van der Waals surface area contributed by atoms with Crippen LogP contribution in [0.3, 0.4) is 0 Å². The molecule has 3 rings (SSSR count). The Hall–Kier alpha value is -3.34. The minimum Gasteiger partial charge on any atom is -0.485 e. The van der Waals surface area contributed by atoms with Crippen LogP contribution in [0.5, 0.6) is 5.75 Å². The highest BCUT2D eigenvalue weighted by atomic mass is 16.5. The fraction of sp³-hybridized carbons (Fsp3) is 0.182. The largest absolute Gasteiger partial charge is 0.485 e. The number of benzene rings is 2. The smallest absolute Gasteiger partial charge is 0.291 e. The number of anilines is 1. The van der Waals surface area contributed by atoms with Crippen molar-refractivity contribution >= 4 is 17.4 Å². The van der Waals surface area contributed by atoms with E-state index in [1.54, 1.807) is 36.4 Å². The zero-order valence-electron chi connectivity index (χ0n) is 15.5. The third-order valence-electron chi connectivity index (χ3n) is 4.15.